The van der Waals surface area contributed by atoms with Gasteiger partial charge in [-0.15, -0.1) is 20.4 Å². The van der Waals surface area contributed by atoms with Crippen molar-refractivity contribution in [2.24, 2.45) is 0 Å². The molecule has 0 bridgehead atoms. The molecule has 7 nitrogen and oxygen atoms in total. The molecule has 9 aromatic rings. The molecule has 65 heavy (non-hydrogen) atoms. The molecule has 2 heterocycles. The Kier molecular flexibility index (Phi) is 11.8. The molecular weight excluding hydrogens is 799 g/mol. The van der Waals surface area contributed by atoms with Crippen LogP contribution < -0.4 is 4.90 Å². The standard InChI is InChI=1S/C58H51N5O2/c1-57(2,3)48-32-28-46(29-33-48)55-61-59-53(64-55)44-24-16-40(17-25-44)12-14-42-20-36-51(37-21-42)63(50-10-8-7-9-11-50)52-38-22-43(23-39-52)15-13-41-18-26-45(27-19-41)54-60-62-56(65-54)47-30-34-49(35-31-47)58(4,5)6/h7-39H,1-6H3/b14-12+,15-13+. The third-order valence-corrected chi connectivity index (χ3v) is 11.4. The first kappa shape index (κ1) is 42.4. The number of benzene rings is 7. The summed E-state index contributed by atoms with van der Waals surface area (Å²) >= 11 is 0. The van der Waals surface area contributed by atoms with E-state index in [9.17, 15) is 0 Å². The molecule has 0 aliphatic rings. The van der Waals surface area contributed by atoms with Crippen molar-refractivity contribution in [1.29, 1.82) is 0 Å². The lowest BCUT2D eigenvalue weighted by molar-refractivity contribution is 0.582. The van der Waals surface area contributed by atoms with E-state index in [1.54, 1.807) is 0 Å². The minimum atomic E-state index is 0.0828. The van der Waals surface area contributed by atoms with Crippen LogP contribution in [-0.2, 0) is 10.8 Å². The predicted octanol–water partition coefficient (Wildman–Crippen LogP) is 15.5. The number of para-hydroxylation sites is 1. The second kappa shape index (κ2) is 18.1. The fourth-order valence-corrected chi connectivity index (χ4v) is 7.49. The lowest BCUT2D eigenvalue weighted by atomic mass is 9.87. The average Bonchev–Trinajstić information content (AvgIpc) is 4.04. The number of aromatic nitrogens is 4. The van der Waals surface area contributed by atoms with Gasteiger partial charge in [-0.3, -0.25) is 0 Å². The molecule has 0 saturated heterocycles. The predicted molar refractivity (Wildman–Crippen MR) is 267 cm³/mol. The summed E-state index contributed by atoms with van der Waals surface area (Å²) in [6.45, 7) is 13.2. The van der Waals surface area contributed by atoms with E-state index in [4.69, 9.17) is 8.83 Å². The van der Waals surface area contributed by atoms with E-state index < -0.39 is 0 Å². The van der Waals surface area contributed by atoms with Crippen molar-refractivity contribution in [3.05, 3.63) is 209 Å². The summed E-state index contributed by atoms with van der Waals surface area (Å²) in [6.07, 6.45) is 8.48. The van der Waals surface area contributed by atoms with Gasteiger partial charge < -0.3 is 13.7 Å². The highest BCUT2D eigenvalue weighted by atomic mass is 16.4. The molecule has 0 atom stereocenters. The van der Waals surface area contributed by atoms with Gasteiger partial charge in [-0.2, -0.15) is 0 Å². The molecule has 0 saturated carbocycles. The Hall–Kier alpha value is -7.90. The summed E-state index contributed by atoms with van der Waals surface area (Å²) in [7, 11) is 0. The van der Waals surface area contributed by atoms with Gasteiger partial charge in [0.1, 0.15) is 0 Å². The zero-order chi connectivity index (χ0) is 45.0. The van der Waals surface area contributed by atoms with E-state index in [0.29, 0.717) is 23.6 Å². The number of nitrogens with zero attached hydrogens (tertiary/aromatic N) is 5. The highest BCUT2D eigenvalue weighted by Gasteiger charge is 2.18. The van der Waals surface area contributed by atoms with Crippen LogP contribution in [0.25, 0.3) is 70.1 Å². The molecule has 0 unspecified atom stereocenters. The fourth-order valence-electron chi connectivity index (χ4n) is 7.49. The van der Waals surface area contributed by atoms with Gasteiger partial charge in [-0.05, 0) is 129 Å². The van der Waals surface area contributed by atoms with Crippen LogP contribution >= 0.6 is 0 Å². The van der Waals surface area contributed by atoms with Gasteiger partial charge in [0.05, 0.1) is 0 Å². The Balaban J connectivity index is 0.839. The Morgan fingerprint density at radius 2 is 0.585 bits per heavy atom. The molecule has 0 radical (unpaired) electrons. The molecule has 0 fully saturated rings. The molecule has 0 spiro atoms. The van der Waals surface area contributed by atoms with Crippen LogP contribution in [0.15, 0.2) is 185 Å². The van der Waals surface area contributed by atoms with Crippen molar-refractivity contribution < 1.29 is 8.83 Å². The van der Waals surface area contributed by atoms with Crippen LogP contribution in [0.4, 0.5) is 17.1 Å². The Morgan fingerprint density at radius 1 is 0.323 bits per heavy atom. The Labute approximate surface area is 381 Å². The molecule has 7 aromatic carbocycles. The molecular formula is C58H51N5O2. The summed E-state index contributed by atoms with van der Waals surface area (Å²) in [6, 6.07) is 60.7. The van der Waals surface area contributed by atoms with Gasteiger partial charge >= 0.3 is 0 Å². The zero-order valence-corrected chi connectivity index (χ0v) is 37.6. The first-order chi connectivity index (χ1) is 31.4. The van der Waals surface area contributed by atoms with E-state index in [0.717, 1.165) is 61.6 Å². The third kappa shape index (κ3) is 10.0. The van der Waals surface area contributed by atoms with Crippen LogP contribution in [0.3, 0.4) is 0 Å². The summed E-state index contributed by atoms with van der Waals surface area (Å²) in [5, 5.41) is 17.3. The van der Waals surface area contributed by atoms with Crippen molar-refractivity contribution in [1.82, 2.24) is 20.4 Å². The Morgan fingerprint density at radius 3 is 0.877 bits per heavy atom. The van der Waals surface area contributed by atoms with Crippen LogP contribution in [0, 0.1) is 0 Å². The number of hydrogen-bond donors (Lipinski definition) is 0. The monoisotopic (exact) mass is 849 g/mol. The van der Waals surface area contributed by atoms with Gasteiger partial charge in [0, 0.05) is 39.3 Å². The van der Waals surface area contributed by atoms with Crippen molar-refractivity contribution in [3.63, 3.8) is 0 Å². The number of hydrogen-bond acceptors (Lipinski definition) is 7. The van der Waals surface area contributed by atoms with Crippen molar-refractivity contribution in [2.75, 3.05) is 4.90 Å². The van der Waals surface area contributed by atoms with E-state index >= 15 is 0 Å². The van der Waals surface area contributed by atoms with Crippen molar-refractivity contribution in [3.8, 4) is 45.8 Å². The minimum absolute atomic E-state index is 0.0828. The van der Waals surface area contributed by atoms with E-state index in [-0.39, 0.29) is 10.8 Å². The maximum Gasteiger partial charge on any atom is 0.248 e. The summed E-state index contributed by atoms with van der Waals surface area (Å²) in [5.74, 6) is 2.02. The molecule has 0 amide bonds. The molecule has 0 aliphatic carbocycles. The van der Waals surface area contributed by atoms with Crippen molar-refractivity contribution in [2.45, 2.75) is 52.4 Å². The highest BCUT2D eigenvalue weighted by Crippen LogP contribution is 2.36. The van der Waals surface area contributed by atoms with Crippen LogP contribution in [-0.4, -0.2) is 20.4 Å². The van der Waals surface area contributed by atoms with Crippen LogP contribution in [0.5, 0.6) is 0 Å². The number of rotatable bonds is 11. The molecule has 0 aliphatic heterocycles. The quantitative estimate of drug-likeness (QED) is 0.120. The van der Waals surface area contributed by atoms with Gasteiger partial charge in [0.15, 0.2) is 0 Å². The largest absolute Gasteiger partial charge is 0.416 e. The molecule has 2 aromatic heterocycles. The zero-order valence-electron chi connectivity index (χ0n) is 37.6. The van der Waals surface area contributed by atoms with E-state index in [2.05, 4.69) is 212 Å². The average molecular weight is 850 g/mol. The first-order valence-electron chi connectivity index (χ1n) is 21.9. The summed E-state index contributed by atoms with van der Waals surface area (Å²) in [4.78, 5) is 2.27. The topological polar surface area (TPSA) is 81.1 Å². The first-order valence-corrected chi connectivity index (χ1v) is 21.9. The molecule has 9 rings (SSSR count). The lowest BCUT2D eigenvalue weighted by Crippen LogP contribution is -2.10. The Bertz CT molecular complexity index is 2850. The van der Waals surface area contributed by atoms with E-state index in [1.807, 2.05) is 54.6 Å². The van der Waals surface area contributed by atoms with E-state index in [1.165, 1.54) is 11.1 Å². The summed E-state index contributed by atoms with van der Waals surface area (Å²) < 4.78 is 12.1. The van der Waals surface area contributed by atoms with Crippen LogP contribution in [0.1, 0.15) is 74.9 Å². The van der Waals surface area contributed by atoms with Crippen LogP contribution in [0.2, 0.25) is 0 Å². The highest BCUT2D eigenvalue weighted by molar-refractivity contribution is 5.80. The molecule has 7 heteroatoms. The number of anilines is 3. The van der Waals surface area contributed by atoms with Gasteiger partial charge in [0.2, 0.25) is 23.6 Å². The normalized spacial score (nSPS) is 12.0. The van der Waals surface area contributed by atoms with Crippen molar-refractivity contribution >= 4 is 41.4 Å². The summed E-state index contributed by atoms with van der Waals surface area (Å²) in [5.41, 5.74) is 13.8. The third-order valence-electron chi connectivity index (χ3n) is 11.4. The smallest absolute Gasteiger partial charge is 0.248 e. The molecule has 0 N–H and O–H groups in total. The van der Waals surface area contributed by atoms with Gasteiger partial charge in [-0.25, -0.2) is 0 Å². The SMILES string of the molecule is CC(C)(C)c1ccc(-c2nnc(-c3ccc(/C=C/c4ccc(N(c5ccccc5)c5ccc(/C=C/c6ccc(-c7nnc(-c8ccc(C(C)(C)C)cc8)o7)cc6)cc5)cc4)cc3)o2)cc1. The second-order valence-electron chi connectivity index (χ2n) is 18.2. The maximum absolute atomic E-state index is 6.06. The fraction of sp³-hybridized carbons (Fsp3) is 0.138. The van der Waals surface area contributed by atoms with Gasteiger partial charge in [0.25, 0.3) is 0 Å². The minimum Gasteiger partial charge on any atom is -0.416 e. The van der Waals surface area contributed by atoms with Gasteiger partial charge in [-0.1, -0.05) is 157 Å². The lowest BCUT2D eigenvalue weighted by Gasteiger charge is -2.25. The molecule has 320 valence electrons. The second-order valence-corrected chi connectivity index (χ2v) is 18.2. The maximum atomic E-state index is 6.06.